The lowest BCUT2D eigenvalue weighted by Crippen LogP contribution is -1.96. The van der Waals surface area contributed by atoms with Gasteiger partial charge in [0, 0.05) is 23.2 Å². The number of benzene rings is 1. The lowest BCUT2D eigenvalue weighted by atomic mass is 10.0. The zero-order chi connectivity index (χ0) is 11.9. The average molecular weight is 282 g/mol. The van der Waals surface area contributed by atoms with Crippen molar-refractivity contribution in [2.75, 3.05) is 5.73 Å². The Hall–Kier alpha value is -1.49. The number of anilines is 1. The number of phenolic OH excluding ortho intramolecular Hbond substituents is 1. The molecule has 3 N–H and O–H groups in total. The molecule has 1 heterocycles. The molecular formula is C11H12BrN3O. The maximum absolute atomic E-state index is 9.86. The summed E-state index contributed by atoms with van der Waals surface area (Å²) in [4.78, 5) is 0. The first-order valence-electron chi connectivity index (χ1n) is 4.78. The molecule has 0 aliphatic rings. The maximum Gasteiger partial charge on any atom is 0.125 e. The van der Waals surface area contributed by atoms with Gasteiger partial charge < -0.3 is 10.8 Å². The molecule has 0 bridgehead atoms. The van der Waals surface area contributed by atoms with Crippen molar-refractivity contribution in [3.63, 3.8) is 0 Å². The third-order valence-corrected chi connectivity index (χ3v) is 3.41. The highest BCUT2D eigenvalue weighted by atomic mass is 79.9. The van der Waals surface area contributed by atoms with E-state index in [0.29, 0.717) is 17.1 Å². The second-order valence-electron chi connectivity index (χ2n) is 3.64. The molecule has 0 atom stereocenters. The Morgan fingerprint density at radius 3 is 2.69 bits per heavy atom. The van der Waals surface area contributed by atoms with Crippen LogP contribution in [0.4, 0.5) is 5.82 Å². The fraction of sp³-hybridized carbons (Fsp3) is 0.182. The summed E-state index contributed by atoms with van der Waals surface area (Å²) in [5.74, 6) is 0.771. The first kappa shape index (κ1) is 11.0. The van der Waals surface area contributed by atoms with Gasteiger partial charge in [-0.3, -0.25) is 4.68 Å². The van der Waals surface area contributed by atoms with Crippen LogP contribution in [-0.4, -0.2) is 14.9 Å². The lowest BCUT2D eigenvalue weighted by molar-refractivity contribution is 0.476. The summed E-state index contributed by atoms with van der Waals surface area (Å²) in [6.07, 6.45) is 0. The van der Waals surface area contributed by atoms with Gasteiger partial charge in [-0.25, -0.2) is 0 Å². The van der Waals surface area contributed by atoms with Crippen LogP contribution in [-0.2, 0) is 7.05 Å². The van der Waals surface area contributed by atoms with E-state index in [4.69, 9.17) is 5.73 Å². The molecule has 0 spiro atoms. The largest absolute Gasteiger partial charge is 0.507 e. The van der Waals surface area contributed by atoms with Crippen molar-refractivity contribution in [2.45, 2.75) is 6.92 Å². The van der Waals surface area contributed by atoms with Crippen molar-refractivity contribution < 1.29 is 5.11 Å². The van der Waals surface area contributed by atoms with Gasteiger partial charge in [0.25, 0.3) is 0 Å². The summed E-state index contributed by atoms with van der Waals surface area (Å²) >= 11 is 3.43. The highest BCUT2D eigenvalue weighted by molar-refractivity contribution is 9.10. The number of phenols is 1. The number of hydrogen-bond acceptors (Lipinski definition) is 3. The van der Waals surface area contributed by atoms with Gasteiger partial charge in [0.05, 0.1) is 5.69 Å². The molecule has 0 amide bonds. The van der Waals surface area contributed by atoms with Crippen LogP contribution in [0.25, 0.3) is 11.3 Å². The first-order chi connectivity index (χ1) is 7.50. The number of aryl methyl sites for hydroxylation is 1. The zero-order valence-electron chi connectivity index (χ0n) is 9.03. The Labute approximate surface area is 102 Å². The van der Waals surface area contributed by atoms with Crippen LogP contribution in [0.15, 0.2) is 22.7 Å². The van der Waals surface area contributed by atoms with Crippen LogP contribution < -0.4 is 5.73 Å². The van der Waals surface area contributed by atoms with Crippen LogP contribution >= 0.6 is 15.9 Å². The smallest absolute Gasteiger partial charge is 0.125 e. The highest BCUT2D eigenvalue weighted by Gasteiger charge is 2.14. The number of hydrogen-bond donors (Lipinski definition) is 2. The van der Waals surface area contributed by atoms with Gasteiger partial charge in [0.1, 0.15) is 11.6 Å². The van der Waals surface area contributed by atoms with Gasteiger partial charge in [0.15, 0.2) is 0 Å². The van der Waals surface area contributed by atoms with Crippen molar-refractivity contribution in [3.8, 4) is 17.0 Å². The Balaban J connectivity index is 2.68. The predicted molar refractivity (Wildman–Crippen MR) is 67.2 cm³/mol. The standard InChI is InChI=1S/C11H12BrN3O/c1-6-7(12)3-4-9(16)11(6)8-5-10(13)15(2)14-8/h3-5,16H,13H2,1-2H3. The quantitative estimate of drug-likeness (QED) is 0.844. The van der Waals surface area contributed by atoms with E-state index in [1.54, 1.807) is 29.9 Å². The van der Waals surface area contributed by atoms with E-state index < -0.39 is 0 Å². The van der Waals surface area contributed by atoms with Gasteiger partial charge in [-0.05, 0) is 24.6 Å². The number of nitrogen functional groups attached to an aromatic ring is 1. The summed E-state index contributed by atoms with van der Waals surface area (Å²) in [5.41, 5.74) is 8.05. The maximum atomic E-state index is 9.86. The molecule has 2 aromatic rings. The minimum absolute atomic E-state index is 0.207. The molecule has 0 radical (unpaired) electrons. The molecule has 1 aromatic carbocycles. The van der Waals surface area contributed by atoms with Crippen molar-refractivity contribution in [3.05, 3.63) is 28.2 Å². The second kappa shape index (κ2) is 3.83. The fourth-order valence-electron chi connectivity index (χ4n) is 1.60. The molecule has 0 fully saturated rings. The van der Waals surface area contributed by atoms with Crippen LogP contribution in [0.2, 0.25) is 0 Å². The monoisotopic (exact) mass is 281 g/mol. The Morgan fingerprint density at radius 1 is 1.44 bits per heavy atom. The Bertz CT molecular complexity index is 529. The molecule has 0 aliphatic heterocycles. The predicted octanol–water partition coefficient (Wildman–Crippen LogP) is 2.45. The third-order valence-electron chi connectivity index (χ3n) is 2.55. The zero-order valence-corrected chi connectivity index (χ0v) is 10.6. The van der Waals surface area contributed by atoms with E-state index in [1.807, 2.05) is 6.92 Å². The molecule has 1 aromatic heterocycles. The van der Waals surface area contributed by atoms with Gasteiger partial charge in [0.2, 0.25) is 0 Å². The van der Waals surface area contributed by atoms with Gasteiger partial charge in [-0.15, -0.1) is 0 Å². The third kappa shape index (κ3) is 1.67. The summed E-state index contributed by atoms with van der Waals surface area (Å²) in [6, 6.07) is 5.19. The molecule has 84 valence electrons. The average Bonchev–Trinajstić information content (AvgIpc) is 2.54. The van der Waals surface area contributed by atoms with Crippen LogP contribution in [0.3, 0.4) is 0 Å². The molecule has 5 heteroatoms. The molecule has 0 aliphatic carbocycles. The van der Waals surface area contributed by atoms with Crippen LogP contribution in [0, 0.1) is 6.92 Å². The topological polar surface area (TPSA) is 64.1 Å². The van der Waals surface area contributed by atoms with E-state index >= 15 is 0 Å². The van der Waals surface area contributed by atoms with Crippen molar-refractivity contribution in [1.29, 1.82) is 0 Å². The van der Waals surface area contributed by atoms with E-state index in [2.05, 4.69) is 21.0 Å². The molecule has 16 heavy (non-hydrogen) atoms. The second-order valence-corrected chi connectivity index (χ2v) is 4.50. The van der Waals surface area contributed by atoms with Crippen molar-refractivity contribution in [1.82, 2.24) is 9.78 Å². The SMILES string of the molecule is Cc1c(Br)ccc(O)c1-c1cc(N)n(C)n1. The summed E-state index contributed by atoms with van der Waals surface area (Å²) in [7, 11) is 1.77. The van der Waals surface area contributed by atoms with Crippen LogP contribution in [0.5, 0.6) is 5.75 Å². The molecular weight excluding hydrogens is 270 g/mol. The number of aromatic nitrogens is 2. The fourth-order valence-corrected chi connectivity index (χ4v) is 1.93. The minimum atomic E-state index is 0.207. The summed E-state index contributed by atoms with van der Waals surface area (Å²) < 4.78 is 2.51. The van der Waals surface area contributed by atoms with Crippen LogP contribution in [0.1, 0.15) is 5.56 Å². The number of aromatic hydroxyl groups is 1. The molecule has 2 rings (SSSR count). The molecule has 0 saturated carbocycles. The van der Waals surface area contributed by atoms with Gasteiger partial charge in [-0.2, -0.15) is 5.10 Å². The molecule has 0 unspecified atom stereocenters. The highest BCUT2D eigenvalue weighted by Crippen LogP contribution is 2.35. The normalized spacial score (nSPS) is 10.7. The summed E-state index contributed by atoms with van der Waals surface area (Å²) in [5, 5.41) is 14.1. The number of halogens is 1. The van der Waals surface area contributed by atoms with E-state index in [0.717, 1.165) is 10.0 Å². The Kier molecular flexibility index (Phi) is 2.63. The van der Waals surface area contributed by atoms with Gasteiger partial charge in [-0.1, -0.05) is 15.9 Å². The Morgan fingerprint density at radius 2 is 2.12 bits per heavy atom. The number of nitrogens with two attached hydrogens (primary N) is 1. The minimum Gasteiger partial charge on any atom is -0.507 e. The van der Waals surface area contributed by atoms with E-state index in [9.17, 15) is 5.11 Å². The summed E-state index contributed by atoms with van der Waals surface area (Å²) in [6.45, 7) is 1.92. The van der Waals surface area contributed by atoms with Crippen molar-refractivity contribution >= 4 is 21.7 Å². The lowest BCUT2D eigenvalue weighted by Gasteiger charge is -2.07. The molecule has 0 saturated heterocycles. The van der Waals surface area contributed by atoms with E-state index in [1.165, 1.54) is 0 Å². The number of nitrogens with zero attached hydrogens (tertiary/aromatic N) is 2. The van der Waals surface area contributed by atoms with Gasteiger partial charge >= 0.3 is 0 Å². The van der Waals surface area contributed by atoms with E-state index in [-0.39, 0.29) is 5.75 Å². The molecule has 4 nitrogen and oxygen atoms in total. The first-order valence-corrected chi connectivity index (χ1v) is 5.58. The van der Waals surface area contributed by atoms with Crippen molar-refractivity contribution in [2.24, 2.45) is 7.05 Å². The number of rotatable bonds is 1.